The van der Waals surface area contributed by atoms with Crippen LogP contribution in [0.1, 0.15) is 23.6 Å². The molecule has 2 aromatic heterocycles. The second-order valence-electron chi connectivity index (χ2n) is 9.82. The van der Waals surface area contributed by atoms with Crippen molar-refractivity contribution in [3.05, 3.63) is 45.5 Å². The van der Waals surface area contributed by atoms with Gasteiger partial charge >= 0.3 is 12.4 Å². The highest BCUT2D eigenvalue weighted by atomic mass is 28.1. The lowest BCUT2D eigenvalue weighted by Gasteiger charge is -2.41. The fraction of sp³-hybridized carbons (Fsp3) is 0.565. The molecule has 0 aliphatic carbocycles. The summed E-state index contributed by atoms with van der Waals surface area (Å²) >= 11 is 0. The number of amides is 1. The van der Waals surface area contributed by atoms with Crippen LogP contribution in [0.25, 0.3) is 0 Å². The fourth-order valence-electron chi connectivity index (χ4n) is 4.57. The molecule has 0 bridgehead atoms. The van der Waals surface area contributed by atoms with Crippen LogP contribution in [0, 0.1) is 0 Å². The van der Waals surface area contributed by atoms with Crippen LogP contribution < -0.4 is 15.8 Å². The van der Waals surface area contributed by atoms with Crippen LogP contribution >= 0.6 is 0 Å². The molecule has 223 valence electrons. The maximum absolute atomic E-state index is 13.3. The van der Waals surface area contributed by atoms with E-state index in [0.29, 0.717) is 5.82 Å². The molecule has 3 atom stereocenters. The molecule has 1 saturated heterocycles. The Balaban J connectivity index is 1.33. The van der Waals surface area contributed by atoms with Gasteiger partial charge in [-0.15, -0.1) is 0 Å². The lowest BCUT2D eigenvalue weighted by molar-refractivity contribution is -0.144. The number of anilines is 2. The van der Waals surface area contributed by atoms with Crippen LogP contribution in [0.5, 0.6) is 0 Å². The van der Waals surface area contributed by atoms with Crippen molar-refractivity contribution in [1.29, 1.82) is 0 Å². The predicted molar refractivity (Wildman–Crippen MR) is 131 cm³/mol. The lowest BCUT2D eigenvalue weighted by Crippen LogP contribution is -2.58. The van der Waals surface area contributed by atoms with Gasteiger partial charge in [0.2, 0.25) is 0 Å². The van der Waals surface area contributed by atoms with Gasteiger partial charge in [-0.25, -0.2) is 10.1 Å². The SMILES string of the molecule is C[C@]([Si])(COC[C@@H](O)C(=O)N1CCN2c3ncc(C(F)(F)F)cc3COC[C@H]2C1)Nc1cn[nH]c(=O)c1C(F)(F)F. The molecule has 1 amide bonds. The van der Waals surface area contributed by atoms with E-state index in [1.54, 1.807) is 10.00 Å². The number of nitrogens with one attached hydrogen (secondary N) is 2. The first-order valence-corrected chi connectivity index (χ1v) is 12.7. The smallest absolute Gasteiger partial charge is 0.381 e. The van der Waals surface area contributed by atoms with E-state index in [4.69, 9.17) is 9.47 Å². The van der Waals surface area contributed by atoms with Gasteiger partial charge in [0.15, 0.2) is 6.10 Å². The Kier molecular flexibility index (Phi) is 8.67. The summed E-state index contributed by atoms with van der Waals surface area (Å²) in [5, 5.41) is 16.7. The Hall–Kier alpha value is -3.22. The molecule has 41 heavy (non-hydrogen) atoms. The molecule has 11 nitrogen and oxygen atoms in total. The monoisotopic (exact) mass is 607 g/mol. The van der Waals surface area contributed by atoms with Crippen molar-refractivity contribution in [2.24, 2.45) is 0 Å². The molecular formula is C23H25F6N6O5Si. The summed E-state index contributed by atoms with van der Waals surface area (Å²) in [6.45, 7) is 1.09. The highest BCUT2D eigenvalue weighted by Gasteiger charge is 2.39. The van der Waals surface area contributed by atoms with Crippen molar-refractivity contribution in [3.63, 3.8) is 0 Å². The van der Waals surface area contributed by atoms with Crippen molar-refractivity contribution in [3.8, 4) is 0 Å². The van der Waals surface area contributed by atoms with Gasteiger partial charge in [0.1, 0.15) is 11.4 Å². The van der Waals surface area contributed by atoms with E-state index in [2.05, 4.69) is 25.6 Å². The third kappa shape index (κ3) is 7.17. The number of aromatic amines is 1. The van der Waals surface area contributed by atoms with E-state index in [1.165, 1.54) is 11.8 Å². The number of H-pyrrole nitrogens is 1. The molecule has 0 spiro atoms. The zero-order chi connectivity index (χ0) is 30.2. The molecule has 1 fully saturated rings. The number of ether oxygens (including phenoxy) is 2. The number of nitrogens with zero attached hydrogens (tertiary/aromatic N) is 4. The molecular weight excluding hydrogens is 582 g/mol. The first kappa shape index (κ1) is 30.7. The molecule has 0 saturated carbocycles. The van der Waals surface area contributed by atoms with E-state index in [-0.39, 0.29) is 45.0 Å². The van der Waals surface area contributed by atoms with Gasteiger partial charge in [-0.05, 0) is 13.0 Å². The molecule has 3 radical (unpaired) electrons. The van der Waals surface area contributed by atoms with E-state index >= 15 is 0 Å². The highest BCUT2D eigenvalue weighted by Crippen LogP contribution is 2.34. The average Bonchev–Trinajstić information content (AvgIpc) is 3.04. The van der Waals surface area contributed by atoms with Crippen molar-refractivity contribution in [2.45, 2.75) is 43.2 Å². The minimum atomic E-state index is -4.96. The van der Waals surface area contributed by atoms with Crippen LogP contribution in [0.15, 0.2) is 23.3 Å². The largest absolute Gasteiger partial charge is 0.423 e. The number of fused-ring (bicyclic) bond motifs is 3. The number of aromatic nitrogens is 3. The van der Waals surface area contributed by atoms with Gasteiger partial charge in [0.25, 0.3) is 11.5 Å². The zero-order valence-corrected chi connectivity index (χ0v) is 22.5. The van der Waals surface area contributed by atoms with Crippen molar-refractivity contribution in [2.75, 3.05) is 49.7 Å². The van der Waals surface area contributed by atoms with E-state index in [9.17, 15) is 41.0 Å². The highest BCUT2D eigenvalue weighted by molar-refractivity contribution is 6.16. The Bertz CT molecular complexity index is 1320. The third-order valence-electron chi connectivity index (χ3n) is 6.41. The average molecular weight is 608 g/mol. The Morgan fingerprint density at radius 3 is 2.68 bits per heavy atom. The van der Waals surface area contributed by atoms with Crippen LogP contribution in [0.3, 0.4) is 0 Å². The summed E-state index contributed by atoms with van der Waals surface area (Å²) < 4.78 is 90.1. The first-order valence-electron chi connectivity index (χ1n) is 12.2. The van der Waals surface area contributed by atoms with Gasteiger partial charge in [-0.1, -0.05) is 0 Å². The minimum absolute atomic E-state index is 0.0826. The van der Waals surface area contributed by atoms with Crippen molar-refractivity contribution < 1.29 is 45.7 Å². The molecule has 2 aliphatic heterocycles. The van der Waals surface area contributed by atoms with Gasteiger partial charge in [-0.2, -0.15) is 31.4 Å². The summed E-state index contributed by atoms with van der Waals surface area (Å²) in [6, 6.07) is 0.567. The van der Waals surface area contributed by atoms with Gasteiger partial charge < -0.3 is 29.7 Å². The molecule has 18 heteroatoms. The number of pyridine rings is 1. The van der Waals surface area contributed by atoms with Crippen molar-refractivity contribution in [1.82, 2.24) is 20.1 Å². The quantitative estimate of drug-likeness (QED) is 0.313. The molecule has 4 rings (SSSR count). The number of carbonyl (C=O) groups excluding carboxylic acids is 1. The van der Waals surface area contributed by atoms with E-state index in [0.717, 1.165) is 18.5 Å². The van der Waals surface area contributed by atoms with Gasteiger partial charge in [0.05, 0.1) is 60.2 Å². The van der Waals surface area contributed by atoms with Crippen LogP contribution in [0.4, 0.5) is 37.8 Å². The molecule has 2 aromatic rings. The number of aliphatic hydroxyl groups is 1. The number of aliphatic hydroxyl groups excluding tert-OH is 1. The Morgan fingerprint density at radius 1 is 1.27 bits per heavy atom. The third-order valence-corrected chi connectivity index (χ3v) is 6.68. The predicted octanol–water partition coefficient (Wildman–Crippen LogP) is 1.12. The van der Waals surface area contributed by atoms with Crippen LogP contribution in [0.2, 0.25) is 0 Å². The zero-order valence-electron chi connectivity index (χ0n) is 21.5. The molecule has 3 N–H and O–H groups in total. The lowest BCUT2D eigenvalue weighted by atomic mass is 10.1. The second-order valence-corrected chi connectivity index (χ2v) is 10.9. The Morgan fingerprint density at radius 2 is 2.00 bits per heavy atom. The topological polar surface area (TPSA) is 133 Å². The van der Waals surface area contributed by atoms with Crippen LogP contribution in [-0.4, -0.2) is 98.1 Å². The van der Waals surface area contributed by atoms with E-state index in [1.807, 2.05) is 0 Å². The summed E-state index contributed by atoms with van der Waals surface area (Å²) in [5.74, 6) is -0.332. The maximum Gasteiger partial charge on any atom is 0.423 e. The number of halogens is 6. The number of rotatable bonds is 7. The number of alkyl halides is 6. The summed E-state index contributed by atoms with van der Waals surface area (Å²) in [4.78, 5) is 31.7. The van der Waals surface area contributed by atoms with Crippen LogP contribution in [-0.2, 0) is 33.2 Å². The van der Waals surface area contributed by atoms with E-state index < -0.39 is 64.5 Å². The fourth-order valence-corrected chi connectivity index (χ4v) is 4.81. The van der Waals surface area contributed by atoms with Gasteiger partial charge in [0, 0.05) is 36.6 Å². The molecule has 0 aromatic carbocycles. The normalized spacial score (nSPS) is 20.0. The maximum atomic E-state index is 13.3. The molecule has 4 heterocycles. The summed E-state index contributed by atoms with van der Waals surface area (Å²) in [5.41, 5.74) is -4.13. The second kappa shape index (κ2) is 11.6. The number of hydrogen-bond donors (Lipinski definition) is 3. The summed E-state index contributed by atoms with van der Waals surface area (Å²) in [6.07, 6.45) is -9.57. The van der Waals surface area contributed by atoms with Crippen molar-refractivity contribution >= 4 is 27.7 Å². The number of hydrogen-bond acceptors (Lipinski definition) is 9. The standard InChI is InChI=1S/C23H25F6N6O5Si/c1-21(41,32-15-6-31-33-19(37)17(15)23(27,28)29)11-40-10-16(36)20(38)34-2-3-35-14(7-34)9-39-8-12-4-13(22(24,25)26)5-30-18(12)35/h4-6,14,16,36H,2-3,7-11H2,1H3,(H2,32,33,37)/t14-,16-,21+/m1/s1. The molecule has 0 unspecified atom stereocenters. The molecule has 2 aliphatic rings. The number of carbonyl (C=O) groups is 1. The summed E-state index contributed by atoms with van der Waals surface area (Å²) in [7, 11) is 3.24. The number of piperazine rings is 1. The Labute approximate surface area is 232 Å². The minimum Gasteiger partial charge on any atom is -0.381 e. The first-order chi connectivity index (χ1) is 19.1. The van der Waals surface area contributed by atoms with Gasteiger partial charge in [-0.3, -0.25) is 9.59 Å².